The molecule has 1 heterocycles. The van der Waals surface area contributed by atoms with E-state index in [0.717, 1.165) is 19.5 Å². The molecule has 0 aliphatic heterocycles. The van der Waals surface area contributed by atoms with Crippen molar-refractivity contribution in [2.75, 3.05) is 0 Å². The molecule has 1 N–H and O–H groups in total. The Balaban J connectivity index is 1.93. The maximum Gasteiger partial charge on any atom is 0.0522 e. The second kappa shape index (κ2) is 6.36. The molecule has 0 radical (unpaired) electrons. The van der Waals surface area contributed by atoms with Gasteiger partial charge >= 0.3 is 0 Å². The normalized spacial score (nSPS) is 12.6. The maximum atomic E-state index is 4.33. The van der Waals surface area contributed by atoms with Gasteiger partial charge in [-0.2, -0.15) is 5.10 Å². The third kappa shape index (κ3) is 3.20. The zero-order valence-corrected chi connectivity index (χ0v) is 11.1. The van der Waals surface area contributed by atoms with Crippen molar-refractivity contribution in [2.24, 2.45) is 0 Å². The van der Waals surface area contributed by atoms with Crippen molar-refractivity contribution >= 4 is 0 Å². The minimum absolute atomic E-state index is 0.358. The molecule has 0 aliphatic carbocycles. The molecule has 0 fully saturated rings. The van der Waals surface area contributed by atoms with E-state index in [4.69, 9.17) is 0 Å². The van der Waals surface area contributed by atoms with Crippen LogP contribution in [-0.2, 0) is 13.1 Å². The first kappa shape index (κ1) is 12.8. The Labute approximate surface area is 109 Å². The number of benzene rings is 1. The minimum Gasteiger partial charge on any atom is -0.305 e. The largest absolute Gasteiger partial charge is 0.305 e. The lowest BCUT2D eigenvalue weighted by molar-refractivity contribution is 0.517. The zero-order chi connectivity index (χ0) is 12.8. The van der Waals surface area contributed by atoms with Gasteiger partial charge < -0.3 is 5.32 Å². The van der Waals surface area contributed by atoms with Crippen LogP contribution in [0.3, 0.4) is 0 Å². The predicted octanol–water partition coefficient (Wildman–Crippen LogP) is 3.14. The molecule has 1 aromatic heterocycles. The Kier molecular flexibility index (Phi) is 4.53. The first-order valence-electron chi connectivity index (χ1n) is 6.60. The van der Waals surface area contributed by atoms with Crippen LogP contribution in [0, 0.1) is 0 Å². The van der Waals surface area contributed by atoms with Crippen molar-refractivity contribution in [1.82, 2.24) is 15.1 Å². The fourth-order valence-electron chi connectivity index (χ4n) is 2.04. The van der Waals surface area contributed by atoms with Gasteiger partial charge in [-0.15, -0.1) is 0 Å². The first-order valence-corrected chi connectivity index (χ1v) is 6.60. The summed E-state index contributed by atoms with van der Waals surface area (Å²) >= 11 is 0. The molecule has 3 heteroatoms. The minimum atomic E-state index is 0.358. The Hall–Kier alpha value is -1.61. The van der Waals surface area contributed by atoms with E-state index in [9.17, 15) is 0 Å². The SMILES string of the molecule is CCCn1nccc1CN[C@H](C)c1ccccc1. The monoisotopic (exact) mass is 243 g/mol. The van der Waals surface area contributed by atoms with Crippen molar-refractivity contribution in [3.63, 3.8) is 0 Å². The van der Waals surface area contributed by atoms with Crippen molar-refractivity contribution in [1.29, 1.82) is 0 Å². The first-order chi connectivity index (χ1) is 8.81. The molecule has 1 atom stereocenters. The Morgan fingerprint density at radius 2 is 2.00 bits per heavy atom. The van der Waals surface area contributed by atoms with Crippen LogP contribution in [0.4, 0.5) is 0 Å². The molecule has 0 saturated carbocycles. The van der Waals surface area contributed by atoms with Crippen LogP contribution >= 0.6 is 0 Å². The predicted molar refractivity (Wildman–Crippen MR) is 74.2 cm³/mol. The standard InChI is InChI=1S/C15H21N3/c1-3-11-18-15(9-10-17-18)12-16-13(2)14-7-5-4-6-8-14/h4-10,13,16H,3,11-12H2,1-2H3/t13-/m1/s1. The molecule has 2 rings (SSSR count). The summed E-state index contributed by atoms with van der Waals surface area (Å²) < 4.78 is 2.07. The number of hydrogen-bond donors (Lipinski definition) is 1. The molecular formula is C15H21N3. The van der Waals surface area contributed by atoms with E-state index >= 15 is 0 Å². The number of aromatic nitrogens is 2. The smallest absolute Gasteiger partial charge is 0.0522 e. The van der Waals surface area contributed by atoms with Crippen LogP contribution in [0.25, 0.3) is 0 Å². The van der Waals surface area contributed by atoms with Crippen molar-refractivity contribution in [3.05, 3.63) is 53.9 Å². The van der Waals surface area contributed by atoms with Crippen molar-refractivity contribution < 1.29 is 0 Å². The topological polar surface area (TPSA) is 29.9 Å². The third-order valence-corrected chi connectivity index (χ3v) is 3.13. The quantitative estimate of drug-likeness (QED) is 0.844. The molecule has 2 aromatic rings. The number of nitrogens with zero attached hydrogens (tertiary/aromatic N) is 2. The van der Waals surface area contributed by atoms with Gasteiger partial charge in [-0.3, -0.25) is 4.68 Å². The highest BCUT2D eigenvalue weighted by Crippen LogP contribution is 2.12. The fourth-order valence-corrected chi connectivity index (χ4v) is 2.04. The van der Waals surface area contributed by atoms with Gasteiger partial charge in [-0.25, -0.2) is 0 Å². The Bertz CT molecular complexity index is 462. The zero-order valence-electron chi connectivity index (χ0n) is 11.1. The van der Waals surface area contributed by atoms with Gasteiger partial charge in [0.15, 0.2) is 0 Å². The van der Waals surface area contributed by atoms with Crippen LogP contribution in [0.15, 0.2) is 42.6 Å². The van der Waals surface area contributed by atoms with Gasteiger partial charge in [-0.05, 0) is 25.0 Å². The van der Waals surface area contributed by atoms with Gasteiger partial charge in [0, 0.05) is 25.3 Å². The lowest BCUT2D eigenvalue weighted by Crippen LogP contribution is -2.20. The average Bonchev–Trinajstić information content (AvgIpc) is 2.85. The summed E-state index contributed by atoms with van der Waals surface area (Å²) in [6.45, 7) is 6.21. The summed E-state index contributed by atoms with van der Waals surface area (Å²) in [6, 6.07) is 13.0. The van der Waals surface area contributed by atoms with E-state index in [2.05, 4.69) is 59.3 Å². The molecule has 18 heavy (non-hydrogen) atoms. The summed E-state index contributed by atoms with van der Waals surface area (Å²) in [4.78, 5) is 0. The lowest BCUT2D eigenvalue weighted by Gasteiger charge is -2.14. The van der Waals surface area contributed by atoms with E-state index in [1.807, 2.05) is 12.3 Å². The van der Waals surface area contributed by atoms with E-state index in [1.54, 1.807) is 0 Å². The number of hydrogen-bond acceptors (Lipinski definition) is 2. The molecule has 1 aromatic carbocycles. The summed E-state index contributed by atoms with van der Waals surface area (Å²) in [5.74, 6) is 0. The van der Waals surface area contributed by atoms with Gasteiger partial charge in [0.05, 0.1) is 5.69 Å². The fraction of sp³-hybridized carbons (Fsp3) is 0.400. The van der Waals surface area contributed by atoms with Crippen LogP contribution in [0.1, 0.15) is 37.6 Å². The van der Waals surface area contributed by atoms with Gasteiger partial charge in [0.2, 0.25) is 0 Å². The molecule has 0 bridgehead atoms. The Morgan fingerprint density at radius 3 is 2.72 bits per heavy atom. The molecule has 3 nitrogen and oxygen atoms in total. The molecule has 0 amide bonds. The van der Waals surface area contributed by atoms with Gasteiger partial charge in [-0.1, -0.05) is 37.3 Å². The molecule has 0 spiro atoms. The van der Waals surface area contributed by atoms with E-state index in [1.165, 1.54) is 11.3 Å². The van der Waals surface area contributed by atoms with Crippen LogP contribution in [-0.4, -0.2) is 9.78 Å². The second-order valence-electron chi connectivity index (χ2n) is 4.56. The number of rotatable bonds is 6. The number of aryl methyl sites for hydroxylation is 1. The summed E-state index contributed by atoms with van der Waals surface area (Å²) in [5.41, 5.74) is 2.57. The van der Waals surface area contributed by atoms with Gasteiger partial charge in [0.25, 0.3) is 0 Å². The molecule has 96 valence electrons. The van der Waals surface area contributed by atoms with Crippen LogP contribution < -0.4 is 5.32 Å². The van der Waals surface area contributed by atoms with Crippen molar-refractivity contribution in [3.8, 4) is 0 Å². The van der Waals surface area contributed by atoms with Gasteiger partial charge in [0.1, 0.15) is 0 Å². The third-order valence-electron chi connectivity index (χ3n) is 3.13. The average molecular weight is 243 g/mol. The number of nitrogens with one attached hydrogen (secondary N) is 1. The summed E-state index contributed by atoms with van der Waals surface area (Å²) in [6.07, 6.45) is 2.99. The van der Waals surface area contributed by atoms with E-state index in [-0.39, 0.29) is 0 Å². The highest BCUT2D eigenvalue weighted by molar-refractivity contribution is 5.18. The summed E-state index contributed by atoms with van der Waals surface area (Å²) in [7, 11) is 0. The molecule has 0 unspecified atom stereocenters. The molecular weight excluding hydrogens is 222 g/mol. The van der Waals surface area contributed by atoms with Crippen molar-refractivity contribution in [2.45, 2.75) is 39.4 Å². The van der Waals surface area contributed by atoms with E-state index in [0.29, 0.717) is 6.04 Å². The Morgan fingerprint density at radius 1 is 1.22 bits per heavy atom. The highest BCUT2D eigenvalue weighted by Gasteiger charge is 2.06. The lowest BCUT2D eigenvalue weighted by atomic mass is 10.1. The molecule has 0 aliphatic rings. The second-order valence-corrected chi connectivity index (χ2v) is 4.56. The van der Waals surface area contributed by atoms with Crippen LogP contribution in [0.2, 0.25) is 0 Å². The molecule has 0 saturated heterocycles. The highest BCUT2D eigenvalue weighted by atomic mass is 15.3. The summed E-state index contributed by atoms with van der Waals surface area (Å²) in [5, 5.41) is 7.87. The maximum absolute atomic E-state index is 4.33. The van der Waals surface area contributed by atoms with E-state index < -0.39 is 0 Å². The van der Waals surface area contributed by atoms with Crippen LogP contribution in [0.5, 0.6) is 0 Å².